The molecule has 2 heterocycles. The maximum Gasteiger partial charge on any atom is 0.258 e. The molecular formula is C16H22N4O. The minimum atomic E-state index is 0.574. The summed E-state index contributed by atoms with van der Waals surface area (Å²) >= 11 is 0. The molecule has 0 amide bonds. The summed E-state index contributed by atoms with van der Waals surface area (Å²) in [6.07, 6.45) is 4.86. The highest BCUT2D eigenvalue weighted by Gasteiger charge is 2.14. The minimum Gasteiger partial charge on any atom is -0.475 e. The molecule has 21 heavy (non-hydrogen) atoms. The van der Waals surface area contributed by atoms with Gasteiger partial charge in [-0.05, 0) is 37.9 Å². The second-order valence-corrected chi connectivity index (χ2v) is 5.40. The first kappa shape index (κ1) is 14.1. The van der Waals surface area contributed by atoms with Crippen molar-refractivity contribution in [1.82, 2.24) is 15.3 Å². The maximum absolute atomic E-state index is 5.86. The summed E-state index contributed by atoms with van der Waals surface area (Å²) < 4.78 is 5.86. The molecule has 1 atom stereocenters. The van der Waals surface area contributed by atoms with Crippen molar-refractivity contribution < 1.29 is 4.74 Å². The smallest absolute Gasteiger partial charge is 0.258 e. The maximum atomic E-state index is 5.86. The van der Waals surface area contributed by atoms with Crippen LogP contribution in [0.2, 0.25) is 0 Å². The van der Waals surface area contributed by atoms with Crippen LogP contribution in [-0.4, -0.2) is 36.2 Å². The van der Waals surface area contributed by atoms with Crippen molar-refractivity contribution in [2.75, 3.05) is 25.5 Å². The van der Waals surface area contributed by atoms with Crippen LogP contribution in [-0.2, 0) is 0 Å². The molecule has 1 aliphatic heterocycles. The molecule has 0 bridgehead atoms. The third-order valence-electron chi connectivity index (χ3n) is 3.89. The molecule has 0 saturated carbocycles. The van der Waals surface area contributed by atoms with Crippen molar-refractivity contribution in [2.24, 2.45) is 0 Å². The third-order valence-corrected chi connectivity index (χ3v) is 3.89. The number of hydrogen-bond acceptors (Lipinski definition) is 5. The zero-order valence-corrected chi connectivity index (χ0v) is 12.4. The van der Waals surface area contributed by atoms with Gasteiger partial charge in [0.2, 0.25) is 0 Å². The van der Waals surface area contributed by atoms with E-state index in [2.05, 4.69) is 20.6 Å². The Morgan fingerprint density at radius 2 is 2.05 bits per heavy atom. The molecule has 2 N–H and O–H groups in total. The average molecular weight is 286 g/mol. The topological polar surface area (TPSA) is 59.1 Å². The van der Waals surface area contributed by atoms with Gasteiger partial charge in [-0.2, -0.15) is 0 Å². The Morgan fingerprint density at radius 3 is 2.76 bits per heavy atom. The van der Waals surface area contributed by atoms with E-state index in [-0.39, 0.29) is 0 Å². The lowest BCUT2D eigenvalue weighted by molar-refractivity contribution is 0.262. The normalized spacial score (nSPS) is 18.6. The number of aromatic nitrogens is 2. The number of ether oxygens (including phenoxy) is 1. The van der Waals surface area contributed by atoms with Crippen molar-refractivity contribution in [2.45, 2.75) is 31.7 Å². The summed E-state index contributed by atoms with van der Waals surface area (Å²) in [6, 6.07) is 8.42. The molecule has 0 radical (unpaired) electrons. The molecule has 5 nitrogen and oxygen atoms in total. The second-order valence-electron chi connectivity index (χ2n) is 5.40. The number of nitrogens with one attached hydrogen (secondary N) is 2. The lowest BCUT2D eigenvalue weighted by Gasteiger charge is -2.23. The Hall–Kier alpha value is -1.88. The Kier molecular flexibility index (Phi) is 4.50. The first-order valence-electron chi connectivity index (χ1n) is 7.67. The van der Waals surface area contributed by atoms with Gasteiger partial charge >= 0.3 is 0 Å². The van der Waals surface area contributed by atoms with E-state index in [0.717, 1.165) is 24.0 Å². The van der Waals surface area contributed by atoms with E-state index in [4.69, 9.17) is 4.74 Å². The fourth-order valence-electron chi connectivity index (χ4n) is 2.72. The monoisotopic (exact) mass is 286 g/mol. The van der Waals surface area contributed by atoms with Gasteiger partial charge in [0, 0.05) is 13.1 Å². The van der Waals surface area contributed by atoms with Crippen molar-refractivity contribution in [1.29, 1.82) is 0 Å². The Labute approximate surface area is 125 Å². The summed E-state index contributed by atoms with van der Waals surface area (Å²) in [4.78, 5) is 9.11. The van der Waals surface area contributed by atoms with Crippen LogP contribution in [0.1, 0.15) is 25.7 Å². The number of anilines is 1. The van der Waals surface area contributed by atoms with Crippen LogP contribution in [0.3, 0.4) is 0 Å². The van der Waals surface area contributed by atoms with Crippen LogP contribution in [0.4, 0.5) is 5.82 Å². The number of piperidine rings is 1. The van der Waals surface area contributed by atoms with Gasteiger partial charge in [-0.15, -0.1) is 0 Å². The van der Waals surface area contributed by atoms with E-state index < -0.39 is 0 Å². The van der Waals surface area contributed by atoms with Gasteiger partial charge in [0.25, 0.3) is 5.88 Å². The van der Waals surface area contributed by atoms with Gasteiger partial charge in [0.05, 0.1) is 17.6 Å². The molecule has 1 unspecified atom stereocenters. The molecule has 1 saturated heterocycles. The summed E-state index contributed by atoms with van der Waals surface area (Å²) in [6.45, 7) is 1.79. The molecule has 1 aromatic carbocycles. The SMILES string of the molecule is CNc1nc2ccccc2nc1OCCC1CCCCN1. The number of hydrogen-bond donors (Lipinski definition) is 2. The van der Waals surface area contributed by atoms with Gasteiger partial charge in [-0.25, -0.2) is 9.97 Å². The van der Waals surface area contributed by atoms with Gasteiger partial charge in [-0.1, -0.05) is 18.6 Å². The van der Waals surface area contributed by atoms with Crippen LogP contribution in [0, 0.1) is 0 Å². The Morgan fingerprint density at radius 1 is 1.24 bits per heavy atom. The number of benzene rings is 1. The third kappa shape index (κ3) is 3.42. The molecule has 0 spiro atoms. The average Bonchev–Trinajstić information content (AvgIpc) is 2.55. The van der Waals surface area contributed by atoms with Crippen LogP contribution >= 0.6 is 0 Å². The fraction of sp³-hybridized carbons (Fsp3) is 0.500. The number of para-hydroxylation sites is 2. The molecule has 0 aliphatic carbocycles. The highest BCUT2D eigenvalue weighted by Crippen LogP contribution is 2.23. The van der Waals surface area contributed by atoms with E-state index in [1.165, 1.54) is 19.3 Å². The zero-order valence-electron chi connectivity index (χ0n) is 12.4. The quantitative estimate of drug-likeness (QED) is 0.884. The van der Waals surface area contributed by atoms with Gasteiger partial charge in [0.1, 0.15) is 0 Å². The number of nitrogens with zero attached hydrogens (tertiary/aromatic N) is 2. The zero-order chi connectivity index (χ0) is 14.5. The van der Waals surface area contributed by atoms with E-state index in [1.54, 1.807) is 0 Å². The van der Waals surface area contributed by atoms with E-state index in [0.29, 0.717) is 24.3 Å². The first-order chi connectivity index (χ1) is 10.4. The van der Waals surface area contributed by atoms with Crippen molar-refractivity contribution >= 4 is 16.9 Å². The predicted octanol–water partition coefficient (Wildman–Crippen LogP) is 2.58. The summed E-state index contributed by atoms with van der Waals surface area (Å²) in [7, 11) is 1.84. The molecule has 5 heteroatoms. The van der Waals surface area contributed by atoms with E-state index >= 15 is 0 Å². The van der Waals surface area contributed by atoms with Crippen molar-refractivity contribution in [3.8, 4) is 5.88 Å². The largest absolute Gasteiger partial charge is 0.475 e. The van der Waals surface area contributed by atoms with Crippen molar-refractivity contribution in [3.63, 3.8) is 0 Å². The van der Waals surface area contributed by atoms with E-state index in [1.807, 2.05) is 31.3 Å². The molecule has 1 fully saturated rings. The molecular weight excluding hydrogens is 264 g/mol. The second kappa shape index (κ2) is 6.72. The van der Waals surface area contributed by atoms with Gasteiger partial charge < -0.3 is 15.4 Å². The highest BCUT2D eigenvalue weighted by molar-refractivity contribution is 5.77. The van der Waals surface area contributed by atoms with Crippen LogP contribution in [0.15, 0.2) is 24.3 Å². The van der Waals surface area contributed by atoms with Gasteiger partial charge in [0.15, 0.2) is 5.82 Å². The van der Waals surface area contributed by atoms with Crippen LogP contribution < -0.4 is 15.4 Å². The van der Waals surface area contributed by atoms with Gasteiger partial charge in [-0.3, -0.25) is 0 Å². The summed E-state index contributed by atoms with van der Waals surface area (Å²) in [5.41, 5.74) is 1.74. The number of fused-ring (bicyclic) bond motifs is 1. The predicted molar refractivity (Wildman–Crippen MR) is 84.8 cm³/mol. The van der Waals surface area contributed by atoms with Crippen LogP contribution in [0.25, 0.3) is 11.0 Å². The molecule has 1 aliphatic rings. The van der Waals surface area contributed by atoms with Crippen LogP contribution in [0.5, 0.6) is 5.88 Å². The minimum absolute atomic E-state index is 0.574. The van der Waals surface area contributed by atoms with E-state index in [9.17, 15) is 0 Å². The fourth-order valence-corrected chi connectivity index (χ4v) is 2.72. The Balaban J connectivity index is 1.67. The molecule has 1 aromatic heterocycles. The summed E-state index contributed by atoms with van der Waals surface area (Å²) in [5, 5.41) is 6.59. The van der Waals surface area contributed by atoms with Crippen molar-refractivity contribution in [3.05, 3.63) is 24.3 Å². The molecule has 112 valence electrons. The molecule has 2 aromatic rings. The lowest BCUT2D eigenvalue weighted by atomic mass is 10.0. The lowest BCUT2D eigenvalue weighted by Crippen LogP contribution is -2.35. The Bertz CT molecular complexity index is 596. The standard InChI is InChI=1S/C16H22N4O/c1-17-15-16(20-14-8-3-2-7-13(14)19-15)21-11-9-12-6-4-5-10-18-12/h2-3,7-8,12,18H,4-6,9-11H2,1H3,(H,17,19). The number of rotatable bonds is 5. The first-order valence-corrected chi connectivity index (χ1v) is 7.67. The summed E-state index contributed by atoms with van der Waals surface area (Å²) in [5.74, 6) is 1.29. The highest BCUT2D eigenvalue weighted by atomic mass is 16.5. The molecule has 3 rings (SSSR count).